The number of benzene rings is 8. The average Bonchev–Trinajstić information content (AvgIpc) is 3.24. The van der Waals surface area contributed by atoms with Crippen molar-refractivity contribution in [2.24, 2.45) is 0 Å². The van der Waals surface area contributed by atoms with Crippen molar-refractivity contribution >= 4 is 93.9 Å². The van der Waals surface area contributed by atoms with E-state index in [4.69, 9.17) is 19.9 Å². The molecule has 0 saturated heterocycles. The fourth-order valence-electron chi connectivity index (χ4n) is 7.25. The zero-order valence-corrected chi connectivity index (χ0v) is 31.0. The van der Waals surface area contributed by atoms with E-state index in [1.165, 1.54) is 0 Å². The Balaban J connectivity index is 1.23. The molecule has 6 nitrogen and oxygen atoms in total. The normalized spacial score (nSPS) is 11.4. The standard InChI is InChI=1S/C48H31BrN6/c49-48-44(54(38-20-6-2-7-21-38)46-30-50-40-24-33-16-10-12-18-35(33)26-42(40)52-46)28-37(32-14-4-1-5-15-32)29-45(48)55(39-22-8-3-9-23-39)47-31-51-41-25-34-17-11-13-19-36(34)27-43(41)53-47/h1-31H. The lowest BCUT2D eigenvalue weighted by Gasteiger charge is -2.31. The molecular formula is C48H31BrN6. The molecule has 10 rings (SSSR count). The molecule has 2 heterocycles. The highest BCUT2D eigenvalue weighted by Crippen LogP contribution is 2.48. The van der Waals surface area contributed by atoms with E-state index in [0.29, 0.717) is 11.6 Å². The van der Waals surface area contributed by atoms with Gasteiger partial charge in [0.1, 0.15) is 0 Å². The number of para-hydroxylation sites is 2. The highest BCUT2D eigenvalue weighted by Gasteiger charge is 2.26. The van der Waals surface area contributed by atoms with Gasteiger partial charge in [-0.05, 0) is 109 Å². The lowest BCUT2D eigenvalue weighted by molar-refractivity contribution is 1.15. The molecule has 8 aromatic carbocycles. The molecule has 2 aromatic heterocycles. The van der Waals surface area contributed by atoms with Gasteiger partial charge in [-0.1, -0.05) is 115 Å². The van der Waals surface area contributed by atoms with Gasteiger partial charge in [0.15, 0.2) is 11.6 Å². The number of halogens is 1. The van der Waals surface area contributed by atoms with Crippen molar-refractivity contribution in [3.63, 3.8) is 0 Å². The number of aromatic nitrogens is 4. The van der Waals surface area contributed by atoms with Crippen LogP contribution in [0.5, 0.6) is 0 Å². The molecular weight excluding hydrogens is 740 g/mol. The molecule has 0 amide bonds. The second kappa shape index (κ2) is 13.8. The Labute approximate surface area is 326 Å². The van der Waals surface area contributed by atoms with Crippen LogP contribution in [-0.2, 0) is 0 Å². The summed E-state index contributed by atoms with van der Waals surface area (Å²) in [5.41, 5.74) is 9.07. The quantitative estimate of drug-likeness (QED) is 0.150. The van der Waals surface area contributed by atoms with E-state index in [-0.39, 0.29) is 0 Å². The van der Waals surface area contributed by atoms with Crippen LogP contribution >= 0.6 is 15.9 Å². The Morgan fingerprint density at radius 1 is 0.364 bits per heavy atom. The summed E-state index contributed by atoms with van der Waals surface area (Å²) in [7, 11) is 0. The molecule has 0 aliphatic carbocycles. The third-order valence-corrected chi connectivity index (χ3v) is 10.7. The summed E-state index contributed by atoms with van der Waals surface area (Å²) in [5.74, 6) is 1.38. The summed E-state index contributed by atoms with van der Waals surface area (Å²) >= 11 is 4.16. The highest BCUT2D eigenvalue weighted by atomic mass is 79.9. The predicted molar refractivity (Wildman–Crippen MR) is 230 cm³/mol. The number of nitrogens with zero attached hydrogens (tertiary/aromatic N) is 6. The zero-order valence-electron chi connectivity index (χ0n) is 29.5. The Kier molecular flexibility index (Phi) is 8.19. The minimum Gasteiger partial charge on any atom is -0.293 e. The largest absolute Gasteiger partial charge is 0.293 e. The molecule has 55 heavy (non-hydrogen) atoms. The van der Waals surface area contributed by atoms with Crippen molar-refractivity contribution < 1.29 is 0 Å². The van der Waals surface area contributed by atoms with Crippen LogP contribution in [0.15, 0.2) is 193 Å². The van der Waals surface area contributed by atoms with Gasteiger partial charge in [0.05, 0.1) is 50.3 Å². The summed E-state index contributed by atoms with van der Waals surface area (Å²) in [6.07, 6.45) is 3.72. The molecule has 0 aliphatic heterocycles. The number of anilines is 6. The highest BCUT2D eigenvalue weighted by molar-refractivity contribution is 9.10. The second-order valence-corrected chi connectivity index (χ2v) is 14.2. The molecule has 0 unspecified atom stereocenters. The molecule has 0 N–H and O–H groups in total. The Morgan fingerprint density at radius 2 is 0.727 bits per heavy atom. The molecule has 10 aromatic rings. The van der Waals surface area contributed by atoms with Gasteiger partial charge < -0.3 is 0 Å². The molecule has 260 valence electrons. The number of fused-ring (bicyclic) bond motifs is 4. The SMILES string of the molecule is Brc1c(N(c2ccccc2)c2cnc3cc4ccccc4cc3n2)cc(-c2ccccc2)cc1N(c1ccccc1)c1cnc2cc3ccccc3cc2n1. The molecule has 0 bridgehead atoms. The molecule has 0 radical (unpaired) electrons. The van der Waals surface area contributed by atoms with Crippen LogP contribution in [0.4, 0.5) is 34.4 Å². The average molecular weight is 772 g/mol. The van der Waals surface area contributed by atoms with Gasteiger partial charge in [-0.2, -0.15) is 0 Å². The van der Waals surface area contributed by atoms with E-state index in [1.54, 1.807) is 0 Å². The minimum atomic E-state index is 0.689. The van der Waals surface area contributed by atoms with Crippen molar-refractivity contribution in [2.75, 3.05) is 9.80 Å². The topological polar surface area (TPSA) is 58.0 Å². The predicted octanol–water partition coefficient (Wildman–Crippen LogP) is 13.2. The molecule has 0 atom stereocenters. The summed E-state index contributed by atoms with van der Waals surface area (Å²) < 4.78 is 0.848. The van der Waals surface area contributed by atoms with Gasteiger partial charge in [0.25, 0.3) is 0 Å². The van der Waals surface area contributed by atoms with Crippen LogP contribution in [-0.4, -0.2) is 19.9 Å². The summed E-state index contributed by atoms with van der Waals surface area (Å²) in [5, 5.41) is 4.49. The monoisotopic (exact) mass is 770 g/mol. The van der Waals surface area contributed by atoms with Crippen LogP contribution in [0, 0.1) is 0 Å². The van der Waals surface area contributed by atoms with Crippen molar-refractivity contribution in [1.29, 1.82) is 0 Å². The number of hydrogen-bond donors (Lipinski definition) is 0. The smallest absolute Gasteiger partial charge is 0.156 e. The van der Waals surface area contributed by atoms with Crippen molar-refractivity contribution in [2.45, 2.75) is 0 Å². The van der Waals surface area contributed by atoms with Crippen LogP contribution in [0.25, 0.3) is 54.7 Å². The summed E-state index contributed by atoms with van der Waals surface area (Å²) in [4.78, 5) is 24.8. The van der Waals surface area contributed by atoms with Crippen LogP contribution < -0.4 is 9.80 Å². The molecule has 7 heteroatoms. The number of rotatable bonds is 7. The maximum Gasteiger partial charge on any atom is 0.156 e. The van der Waals surface area contributed by atoms with Gasteiger partial charge in [0, 0.05) is 11.4 Å². The van der Waals surface area contributed by atoms with Crippen LogP contribution in [0.1, 0.15) is 0 Å². The zero-order chi connectivity index (χ0) is 36.7. The lowest BCUT2D eigenvalue weighted by atomic mass is 10.0. The van der Waals surface area contributed by atoms with Gasteiger partial charge in [0.2, 0.25) is 0 Å². The first kappa shape index (κ1) is 32.7. The maximum atomic E-state index is 5.28. The van der Waals surface area contributed by atoms with E-state index in [9.17, 15) is 0 Å². The molecule has 0 aliphatic rings. The lowest BCUT2D eigenvalue weighted by Crippen LogP contribution is -2.17. The van der Waals surface area contributed by atoms with Gasteiger partial charge >= 0.3 is 0 Å². The summed E-state index contributed by atoms with van der Waals surface area (Å²) in [6.45, 7) is 0. The van der Waals surface area contributed by atoms with E-state index in [1.807, 2.05) is 67.0 Å². The van der Waals surface area contributed by atoms with E-state index < -0.39 is 0 Å². The fraction of sp³-hybridized carbons (Fsp3) is 0. The third-order valence-electron chi connectivity index (χ3n) is 9.90. The first-order valence-electron chi connectivity index (χ1n) is 18.1. The van der Waals surface area contributed by atoms with Crippen molar-refractivity contribution in [3.8, 4) is 11.1 Å². The molecule has 0 spiro atoms. The van der Waals surface area contributed by atoms with Gasteiger partial charge in [-0.3, -0.25) is 19.8 Å². The fourth-order valence-corrected chi connectivity index (χ4v) is 7.84. The van der Waals surface area contributed by atoms with Crippen LogP contribution in [0.3, 0.4) is 0 Å². The first-order valence-corrected chi connectivity index (χ1v) is 18.9. The van der Waals surface area contributed by atoms with E-state index in [2.05, 4.69) is 147 Å². The first-order chi connectivity index (χ1) is 27.2. The summed E-state index contributed by atoms with van der Waals surface area (Å²) in [6, 6.07) is 60.6. The van der Waals surface area contributed by atoms with Gasteiger partial charge in [-0.25, -0.2) is 9.97 Å². The van der Waals surface area contributed by atoms with Crippen LogP contribution in [0.2, 0.25) is 0 Å². The third kappa shape index (κ3) is 6.10. The molecule has 0 saturated carbocycles. The van der Waals surface area contributed by atoms with E-state index >= 15 is 0 Å². The number of hydrogen-bond acceptors (Lipinski definition) is 6. The van der Waals surface area contributed by atoms with E-state index in [0.717, 1.165) is 82.0 Å². The Morgan fingerprint density at radius 3 is 1.15 bits per heavy atom. The minimum absolute atomic E-state index is 0.689. The second-order valence-electron chi connectivity index (χ2n) is 13.4. The van der Waals surface area contributed by atoms with Gasteiger partial charge in [-0.15, -0.1) is 0 Å². The Hall–Kier alpha value is -6.96. The van der Waals surface area contributed by atoms with Crippen molar-refractivity contribution in [3.05, 3.63) is 193 Å². The molecule has 0 fully saturated rings. The maximum absolute atomic E-state index is 5.28. The van der Waals surface area contributed by atoms with Crippen molar-refractivity contribution in [1.82, 2.24) is 19.9 Å². The Bertz CT molecular complexity index is 2830.